The van der Waals surface area contributed by atoms with Crippen LogP contribution in [0.4, 0.5) is 4.79 Å². The fraction of sp³-hybridized carbons (Fsp3) is 0.500. The molecule has 0 aromatic carbocycles. The van der Waals surface area contributed by atoms with Crippen LogP contribution in [0.3, 0.4) is 0 Å². The second-order valence-electron chi connectivity index (χ2n) is 4.54. The van der Waals surface area contributed by atoms with Crippen molar-refractivity contribution in [3.8, 4) is 0 Å². The summed E-state index contributed by atoms with van der Waals surface area (Å²) < 4.78 is 0. The van der Waals surface area contributed by atoms with Gasteiger partial charge >= 0.3 is 12.0 Å². The number of amides is 2. The second kappa shape index (κ2) is 6.67. The maximum atomic E-state index is 11.6. The third-order valence-corrected chi connectivity index (χ3v) is 2.48. The van der Waals surface area contributed by atoms with Crippen LogP contribution in [0.15, 0.2) is 12.4 Å². The molecular weight excluding hydrogens is 248 g/mol. The minimum absolute atomic E-state index is 0.192. The van der Waals surface area contributed by atoms with Gasteiger partial charge in [-0.2, -0.15) is 0 Å². The molecule has 0 spiro atoms. The quantitative estimate of drug-likeness (QED) is 0.727. The Bertz CT molecular complexity index is 445. The van der Waals surface area contributed by atoms with E-state index in [1.54, 1.807) is 26.2 Å². The molecule has 3 N–H and O–H groups in total. The van der Waals surface area contributed by atoms with E-state index in [2.05, 4.69) is 20.6 Å². The summed E-state index contributed by atoms with van der Waals surface area (Å²) in [7, 11) is 0. The van der Waals surface area contributed by atoms with Crippen LogP contribution in [0, 0.1) is 12.8 Å². The van der Waals surface area contributed by atoms with Crippen LogP contribution in [-0.2, 0) is 11.3 Å². The van der Waals surface area contributed by atoms with E-state index in [-0.39, 0.29) is 12.5 Å². The predicted octanol–water partition coefficient (Wildman–Crippen LogP) is 0.693. The van der Waals surface area contributed by atoms with Crippen molar-refractivity contribution < 1.29 is 14.7 Å². The van der Waals surface area contributed by atoms with Gasteiger partial charge in [0.2, 0.25) is 0 Å². The fourth-order valence-electron chi connectivity index (χ4n) is 1.39. The van der Waals surface area contributed by atoms with Crippen LogP contribution in [-0.4, -0.2) is 33.1 Å². The van der Waals surface area contributed by atoms with Gasteiger partial charge in [-0.05, 0) is 12.8 Å². The largest absolute Gasteiger partial charge is 0.480 e. The fourth-order valence-corrected chi connectivity index (χ4v) is 1.39. The molecule has 0 bridgehead atoms. The minimum Gasteiger partial charge on any atom is -0.480 e. The number of nitrogens with one attached hydrogen (secondary N) is 2. The summed E-state index contributed by atoms with van der Waals surface area (Å²) in [6.07, 6.45) is 3.16. The Morgan fingerprint density at radius 2 is 2.00 bits per heavy atom. The van der Waals surface area contributed by atoms with E-state index in [1.165, 1.54) is 0 Å². The number of rotatable bonds is 5. The second-order valence-corrected chi connectivity index (χ2v) is 4.54. The van der Waals surface area contributed by atoms with Crippen LogP contribution in [0.5, 0.6) is 0 Å². The SMILES string of the molecule is Cc1cnc(CNC(=O)NC(C(=O)O)C(C)C)cn1. The Hall–Kier alpha value is -2.18. The van der Waals surface area contributed by atoms with Crippen LogP contribution >= 0.6 is 0 Å². The molecule has 0 aliphatic heterocycles. The lowest BCUT2D eigenvalue weighted by Crippen LogP contribution is -2.48. The molecule has 0 saturated carbocycles. The summed E-state index contributed by atoms with van der Waals surface area (Å²) in [5.41, 5.74) is 1.40. The Labute approximate surface area is 111 Å². The van der Waals surface area contributed by atoms with Gasteiger partial charge in [-0.1, -0.05) is 13.8 Å². The lowest BCUT2D eigenvalue weighted by Gasteiger charge is -2.18. The number of carbonyl (C=O) groups excluding carboxylic acids is 1. The van der Waals surface area contributed by atoms with Crippen molar-refractivity contribution in [2.45, 2.75) is 33.4 Å². The van der Waals surface area contributed by atoms with Crippen molar-refractivity contribution in [2.24, 2.45) is 5.92 Å². The first kappa shape index (κ1) is 14.9. The van der Waals surface area contributed by atoms with Gasteiger partial charge in [0.15, 0.2) is 0 Å². The van der Waals surface area contributed by atoms with E-state index in [9.17, 15) is 9.59 Å². The number of urea groups is 1. The lowest BCUT2D eigenvalue weighted by atomic mass is 10.1. The Morgan fingerprint density at radius 1 is 1.32 bits per heavy atom. The van der Waals surface area contributed by atoms with Crippen molar-refractivity contribution in [1.29, 1.82) is 0 Å². The lowest BCUT2D eigenvalue weighted by molar-refractivity contribution is -0.140. The predicted molar refractivity (Wildman–Crippen MR) is 68.4 cm³/mol. The molecule has 1 heterocycles. The van der Waals surface area contributed by atoms with E-state index in [0.29, 0.717) is 5.69 Å². The smallest absolute Gasteiger partial charge is 0.326 e. The molecule has 1 aromatic rings. The molecule has 104 valence electrons. The third kappa shape index (κ3) is 4.90. The van der Waals surface area contributed by atoms with Crippen LogP contribution in [0.1, 0.15) is 25.2 Å². The number of carbonyl (C=O) groups is 2. The highest BCUT2D eigenvalue weighted by Crippen LogP contribution is 2.01. The zero-order valence-electron chi connectivity index (χ0n) is 11.2. The van der Waals surface area contributed by atoms with Gasteiger partial charge in [-0.15, -0.1) is 0 Å². The molecule has 1 unspecified atom stereocenters. The van der Waals surface area contributed by atoms with Gasteiger partial charge in [0.25, 0.3) is 0 Å². The molecule has 0 radical (unpaired) electrons. The first-order valence-corrected chi connectivity index (χ1v) is 5.95. The summed E-state index contributed by atoms with van der Waals surface area (Å²) in [4.78, 5) is 30.6. The standard InChI is InChI=1S/C12H18N4O3/c1-7(2)10(11(17)18)16-12(19)15-6-9-5-13-8(3)4-14-9/h4-5,7,10H,6H2,1-3H3,(H,17,18)(H2,15,16,19). The summed E-state index contributed by atoms with van der Waals surface area (Å²) in [5, 5.41) is 13.9. The maximum absolute atomic E-state index is 11.6. The number of carboxylic acids is 1. The van der Waals surface area contributed by atoms with Gasteiger partial charge in [-0.3, -0.25) is 9.97 Å². The highest BCUT2D eigenvalue weighted by Gasteiger charge is 2.23. The molecule has 1 aromatic heterocycles. The highest BCUT2D eigenvalue weighted by atomic mass is 16.4. The number of carboxylic acid groups (broad SMARTS) is 1. The van der Waals surface area contributed by atoms with Gasteiger partial charge in [-0.25, -0.2) is 9.59 Å². The minimum atomic E-state index is -1.06. The number of aromatic nitrogens is 2. The molecule has 7 heteroatoms. The van der Waals surface area contributed by atoms with Crippen molar-refractivity contribution in [3.05, 3.63) is 23.8 Å². The van der Waals surface area contributed by atoms with Gasteiger partial charge < -0.3 is 15.7 Å². The molecule has 1 atom stereocenters. The summed E-state index contributed by atoms with van der Waals surface area (Å²) in [6, 6.07) is -1.45. The van der Waals surface area contributed by atoms with Crippen molar-refractivity contribution in [2.75, 3.05) is 0 Å². The number of aryl methyl sites for hydroxylation is 1. The average molecular weight is 266 g/mol. The van der Waals surface area contributed by atoms with Crippen LogP contribution in [0.25, 0.3) is 0 Å². The molecule has 19 heavy (non-hydrogen) atoms. The Balaban J connectivity index is 2.47. The van der Waals surface area contributed by atoms with Crippen molar-refractivity contribution >= 4 is 12.0 Å². The maximum Gasteiger partial charge on any atom is 0.326 e. The van der Waals surface area contributed by atoms with Crippen molar-refractivity contribution in [3.63, 3.8) is 0 Å². The number of hydrogen-bond acceptors (Lipinski definition) is 4. The van der Waals surface area contributed by atoms with Gasteiger partial charge in [0.1, 0.15) is 6.04 Å². The van der Waals surface area contributed by atoms with E-state index in [1.807, 2.05) is 6.92 Å². The number of hydrogen-bond donors (Lipinski definition) is 3. The molecule has 7 nitrogen and oxygen atoms in total. The Kier molecular flexibility index (Phi) is 5.23. The van der Waals surface area contributed by atoms with Gasteiger partial charge in [0, 0.05) is 6.20 Å². The van der Waals surface area contributed by atoms with E-state index < -0.39 is 18.0 Å². The first-order chi connectivity index (χ1) is 8.90. The molecule has 0 aliphatic carbocycles. The van der Waals surface area contributed by atoms with E-state index in [0.717, 1.165) is 5.69 Å². The molecule has 0 aliphatic rings. The monoisotopic (exact) mass is 266 g/mol. The molecule has 0 saturated heterocycles. The molecular formula is C12H18N4O3. The first-order valence-electron chi connectivity index (χ1n) is 5.95. The van der Waals surface area contributed by atoms with E-state index in [4.69, 9.17) is 5.11 Å². The summed E-state index contributed by atoms with van der Waals surface area (Å²) >= 11 is 0. The van der Waals surface area contributed by atoms with Crippen molar-refractivity contribution in [1.82, 2.24) is 20.6 Å². The normalized spacial score (nSPS) is 12.0. The van der Waals surface area contributed by atoms with Crippen LogP contribution in [0.2, 0.25) is 0 Å². The topological polar surface area (TPSA) is 104 Å². The van der Waals surface area contributed by atoms with Gasteiger partial charge in [0.05, 0.1) is 24.1 Å². The highest BCUT2D eigenvalue weighted by molar-refractivity contribution is 5.82. The summed E-state index contributed by atoms with van der Waals surface area (Å²) in [5.74, 6) is -1.25. The number of nitrogens with zero attached hydrogens (tertiary/aromatic N) is 2. The Morgan fingerprint density at radius 3 is 2.47 bits per heavy atom. The number of aliphatic carboxylic acids is 1. The van der Waals surface area contributed by atoms with E-state index >= 15 is 0 Å². The molecule has 2 amide bonds. The third-order valence-electron chi connectivity index (χ3n) is 2.48. The molecule has 1 rings (SSSR count). The van der Waals surface area contributed by atoms with Crippen LogP contribution < -0.4 is 10.6 Å². The summed E-state index contributed by atoms with van der Waals surface area (Å²) in [6.45, 7) is 5.47. The zero-order valence-corrected chi connectivity index (χ0v) is 11.2. The zero-order chi connectivity index (χ0) is 14.4. The average Bonchev–Trinajstić information content (AvgIpc) is 2.34. The molecule has 0 fully saturated rings.